The van der Waals surface area contributed by atoms with Crippen LogP contribution in [-0.2, 0) is 11.2 Å². The van der Waals surface area contributed by atoms with Gasteiger partial charge in [-0.3, -0.25) is 9.59 Å². The Balaban J connectivity index is 2.16. The minimum Gasteiger partial charge on any atom is -0.493 e. The smallest absolute Gasteiger partial charge is 0.258 e. The number of rotatable bonds is 2. The van der Waals surface area contributed by atoms with Crippen LogP contribution in [0.3, 0.4) is 0 Å². The van der Waals surface area contributed by atoms with Crippen LogP contribution in [0.25, 0.3) is 0 Å². The van der Waals surface area contributed by atoms with E-state index in [0.29, 0.717) is 23.5 Å². The van der Waals surface area contributed by atoms with Gasteiger partial charge in [0.15, 0.2) is 17.3 Å². The molecule has 0 aromatic heterocycles. The van der Waals surface area contributed by atoms with Gasteiger partial charge in [-0.05, 0) is 18.2 Å². The third-order valence-corrected chi connectivity index (χ3v) is 3.57. The summed E-state index contributed by atoms with van der Waals surface area (Å²) < 4.78 is 10.6. The van der Waals surface area contributed by atoms with Crippen LogP contribution in [0.15, 0.2) is 24.4 Å². The van der Waals surface area contributed by atoms with Crippen LogP contribution in [0.2, 0.25) is 0 Å². The number of ether oxygens (including phenoxy) is 2. The van der Waals surface area contributed by atoms with Crippen LogP contribution in [0.5, 0.6) is 11.5 Å². The molecule has 1 amide bonds. The number of carbonyl (C=O) groups is 2. The zero-order valence-corrected chi connectivity index (χ0v) is 10.7. The van der Waals surface area contributed by atoms with E-state index in [0.717, 1.165) is 5.56 Å². The Kier molecular flexibility index (Phi) is 2.55. The first-order chi connectivity index (χ1) is 9.17. The van der Waals surface area contributed by atoms with Crippen molar-refractivity contribution in [2.24, 2.45) is 0 Å². The van der Waals surface area contributed by atoms with Crippen LogP contribution >= 0.6 is 0 Å². The number of carbonyl (C=O) groups excluding carboxylic acids is 2. The summed E-state index contributed by atoms with van der Waals surface area (Å²) in [5, 5.41) is 0. The third kappa shape index (κ3) is 1.54. The van der Waals surface area contributed by atoms with Gasteiger partial charge in [-0.15, -0.1) is 0 Å². The second-order valence-corrected chi connectivity index (χ2v) is 4.48. The molecule has 0 radical (unpaired) electrons. The first-order valence-corrected chi connectivity index (χ1v) is 5.96. The molecule has 0 N–H and O–H groups in total. The summed E-state index contributed by atoms with van der Waals surface area (Å²) in [7, 11) is 3.08. The maximum Gasteiger partial charge on any atom is 0.258 e. The summed E-state index contributed by atoms with van der Waals surface area (Å²) in [4.78, 5) is 25.6. The fourth-order valence-electron chi connectivity index (χ4n) is 2.64. The number of nitrogens with zero attached hydrogens (tertiary/aromatic N) is 1. The highest BCUT2D eigenvalue weighted by molar-refractivity contribution is 6.07. The Hall–Kier alpha value is -2.30. The Labute approximate surface area is 110 Å². The van der Waals surface area contributed by atoms with Crippen LogP contribution in [0, 0.1) is 0 Å². The number of benzene rings is 1. The molecule has 19 heavy (non-hydrogen) atoms. The second-order valence-electron chi connectivity index (χ2n) is 4.48. The first kappa shape index (κ1) is 11.8. The summed E-state index contributed by atoms with van der Waals surface area (Å²) in [5.41, 5.74) is 1.30. The highest BCUT2D eigenvalue weighted by Crippen LogP contribution is 2.39. The van der Waals surface area contributed by atoms with Crippen molar-refractivity contribution in [2.45, 2.75) is 12.5 Å². The van der Waals surface area contributed by atoms with Crippen molar-refractivity contribution in [2.75, 3.05) is 14.2 Å². The molecule has 0 fully saturated rings. The van der Waals surface area contributed by atoms with Gasteiger partial charge in [0.2, 0.25) is 0 Å². The Morgan fingerprint density at radius 1 is 1.21 bits per heavy atom. The molecule has 3 rings (SSSR count). The quantitative estimate of drug-likeness (QED) is 0.800. The van der Waals surface area contributed by atoms with Crippen LogP contribution in [0.4, 0.5) is 0 Å². The first-order valence-electron chi connectivity index (χ1n) is 5.96. The number of hydrogen-bond acceptors (Lipinski definition) is 4. The lowest BCUT2D eigenvalue weighted by Crippen LogP contribution is -2.43. The molecule has 5 heteroatoms. The topological polar surface area (TPSA) is 55.8 Å². The van der Waals surface area contributed by atoms with Gasteiger partial charge in [-0.25, -0.2) is 0 Å². The summed E-state index contributed by atoms with van der Waals surface area (Å²) >= 11 is 0. The summed E-state index contributed by atoms with van der Waals surface area (Å²) in [5.74, 6) is 0.881. The number of ketones is 1. The molecule has 2 aliphatic rings. The van der Waals surface area contributed by atoms with Crippen LogP contribution in [-0.4, -0.2) is 36.9 Å². The van der Waals surface area contributed by atoms with Gasteiger partial charge >= 0.3 is 0 Å². The molecule has 0 saturated heterocycles. The van der Waals surface area contributed by atoms with Crippen LogP contribution < -0.4 is 9.47 Å². The van der Waals surface area contributed by atoms with Gasteiger partial charge in [-0.2, -0.15) is 0 Å². The largest absolute Gasteiger partial charge is 0.493 e. The lowest BCUT2D eigenvalue weighted by atomic mass is 9.92. The van der Waals surface area contributed by atoms with Crippen molar-refractivity contribution >= 4 is 11.7 Å². The maximum absolute atomic E-state index is 12.3. The fraction of sp³-hybridized carbons (Fsp3) is 0.286. The lowest BCUT2D eigenvalue weighted by molar-refractivity contribution is -0.117. The molecule has 2 aliphatic heterocycles. The van der Waals surface area contributed by atoms with Crippen molar-refractivity contribution in [3.8, 4) is 11.5 Å². The molecule has 1 atom stereocenters. The van der Waals surface area contributed by atoms with Crippen molar-refractivity contribution in [1.82, 2.24) is 4.90 Å². The Morgan fingerprint density at radius 3 is 2.68 bits per heavy atom. The van der Waals surface area contributed by atoms with Gasteiger partial charge in [0.1, 0.15) is 6.04 Å². The molecule has 0 spiro atoms. The molecule has 0 saturated carbocycles. The van der Waals surface area contributed by atoms with E-state index in [-0.39, 0.29) is 11.7 Å². The fourth-order valence-corrected chi connectivity index (χ4v) is 2.64. The molecule has 1 aromatic carbocycles. The van der Waals surface area contributed by atoms with Crippen LogP contribution in [0.1, 0.15) is 15.9 Å². The van der Waals surface area contributed by atoms with Crippen molar-refractivity contribution in [3.05, 3.63) is 35.5 Å². The van der Waals surface area contributed by atoms with E-state index >= 15 is 0 Å². The highest BCUT2D eigenvalue weighted by atomic mass is 16.5. The van der Waals surface area contributed by atoms with Gasteiger partial charge in [0.05, 0.1) is 14.2 Å². The zero-order valence-electron chi connectivity index (χ0n) is 10.7. The molecular weight excluding hydrogens is 246 g/mol. The van der Waals surface area contributed by atoms with Crippen molar-refractivity contribution in [3.63, 3.8) is 0 Å². The highest BCUT2D eigenvalue weighted by Gasteiger charge is 2.39. The average molecular weight is 259 g/mol. The summed E-state index contributed by atoms with van der Waals surface area (Å²) in [6, 6.07) is 2.98. The second kappa shape index (κ2) is 4.12. The molecule has 98 valence electrons. The molecule has 0 aliphatic carbocycles. The predicted octanol–water partition coefficient (Wildman–Crippen LogP) is 1.17. The summed E-state index contributed by atoms with van der Waals surface area (Å²) in [6.45, 7) is 0. The Bertz CT molecular complexity index is 606. The molecule has 2 heterocycles. The lowest BCUT2D eigenvalue weighted by Gasteiger charge is -2.30. The number of hydrogen-bond donors (Lipinski definition) is 0. The molecule has 5 nitrogen and oxygen atoms in total. The van der Waals surface area contributed by atoms with Gasteiger partial charge in [0.25, 0.3) is 5.91 Å². The standard InChI is InChI=1S/C14H13NO4/c1-18-12-4-3-8-9(13(12)19-2)7-10-11(16)5-6-15(10)14(8)17/h3-6,10H,7H2,1-2H3. The minimum absolute atomic E-state index is 0.0520. The van der Waals surface area contributed by atoms with E-state index in [2.05, 4.69) is 0 Å². The van der Waals surface area contributed by atoms with Gasteiger partial charge in [0, 0.05) is 23.7 Å². The molecule has 1 aromatic rings. The SMILES string of the molecule is COc1ccc2c(c1OC)CC1C(=O)C=CN1C2=O. The minimum atomic E-state index is -0.444. The third-order valence-electron chi connectivity index (χ3n) is 3.57. The molecule has 0 bridgehead atoms. The van der Waals surface area contributed by atoms with E-state index in [1.54, 1.807) is 25.4 Å². The normalized spacial score (nSPS) is 20.3. The van der Waals surface area contributed by atoms with Crippen molar-refractivity contribution in [1.29, 1.82) is 0 Å². The Morgan fingerprint density at radius 2 is 2.00 bits per heavy atom. The molecular formula is C14H13NO4. The van der Waals surface area contributed by atoms with Gasteiger partial charge in [-0.1, -0.05) is 0 Å². The molecule has 1 unspecified atom stereocenters. The predicted molar refractivity (Wildman–Crippen MR) is 67.4 cm³/mol. The number of fused-ring (bicyclic) bond motifs is 2. The van der Waals surface area contributed by atoms with E-state index in [4.69, 9.17) is 9.47 Å². The van der Waals surface area contributed by atoms with E-state index in [1.165, 1.54) is 18.1 Å². The van der Waals surface area contributed by atoms with Crippen molar-refractivity contribution < 1.29 is 19.1 Å². The number of amides is 1. The van der Waals surface area contributed by atoms with E-state index < -0.39 is 6.04 Å². The van der Waals surface area contributed by atoms with E-state index in [9.17, 15) is 9.59 Å². The average Bonchev–Trinajstić information content (AvgIpc) is 2.80. The monoisotopic (exact) mass is 259 g/mol. The summed E-state index contributed by atoms with van der Waals surface area (Å²) in [6.07, 6.45) is 3.44. The van der Waals surface area contributed by atoms with E-state index in [1.807, 2.05) is 0 Å². The number of methoxy groups -OCH3 is 2. The van der Waals surface area contributed by atoms with Gasteiger partial charge < -0.3 is 14.4 Å². The maximum atomic E-state index is 12.3. The zero-order chi connectivity index (χ0) is 13.6.